The van der Waals surface area contributed by atoms with Crippen LogP contribution in [0.25, 0.3) is 0 Å². The Morgan fingerprint density at radius 1 is 1.40 bits per heavy atom. The van der Waals surface area contributed by atoms with Crippen LogP contribution in [0.5, 0.6) is 0 Å². The normalized spacial score (nSPS) is 12.2. The van der Waals surface area contributed by atoms with E-state index in [1.165, 1.54) is 12.1 Å². The Hall–Kier alpha value is -2.05. The number of pyridine rings is 1. The fraction of sp³-hybridized carbons (Fsp3) is 0.154. The van der Waals surface area contributed by atoms with Crippen LogP contribution in [0, 0.1) is 15.9 Å². The summed E-state index contributed by atoms with van der Waals surface area (Å²) >= 11 is 5.68. The van der Waals surface area contributed by atoms with E-state index in [0.717, 1.165) is 11.6 Å². The first-order valence-electron chi connectivity index (χ1n) is 5.77. The number of rotatable bonds is 4. The van der Waals surface area contributed by atoms with E-state index in [1.54, 1.807) is 18.3 Å². The molecular formula is C13H11ClFN3O2. The average Bonchev–Trinajstić information content (AvgIpc) is 2.41. The number of hydrogen-bond acceptors (Lipinski definition) is 4. The van der Waals surface area contributed by atoms with E-state index in [2.05, 4.69) is 4.98 Å². The molecule has 1 aromatic carbocycles. The molecule has 0 aliphatic carbocycles. The number of halogens is 2. The first-order valence-corrected chi connectivity index (χ1v) is 6.15. The molecule has 0 bridgehead atoms. The number of nitro groups is 1. The maximum Gasteiger partial charge on any atom is 0.305 e. The van der Waals surface area contributed by atoms with Crippen LogP contribution >= 0.6 is 11.6 Å². The minimum absolute atomic E-state index is 0.338. The summed E-state index contributed by atoms with van der Waals surface area (Å²) < 4.78 is 13.2. The lowest BCUT2D eigenvalue weighted by molar-refractivity contribution is -0.387. The lowest BCUT2D eigenvalue weighted by atomic mass is 10.0. The van der Waals surface area contributed by atoms with Gasteiger partial charge in [-0.05, 0) is 29.7 Å². The van der Waals surface area contributed by atoms with Crippen molar-refractivity contribution in [3.8, 4) is 0 Å². The van der Waals surface area contributed by atoms with Crippen molar-refractivity contribution in [2.45, 2.75) is 12.5 Å². The van der Waals surface area contributed by atoms with Gasteiger partial charge in [0, 0.05) is 18.3 Å². The summed E-state index contributed by atoms with van der Waals surface area (Å²) in [6.45, 7) is 0. The Bertz CT molecular complexity index is 634. The van der Waals surface area contributed by atoms with Gasteiger partial charge < -0.3 is 5.73 Å². The second-order valence-corrected chi connectivity index (χ2v) is 4.65. The summed E-state index contributed by atoms with van der Waals surface area (Å²) in [6, 6.07) is 6.69. The Labute approximate surface area is 119 Å². The molecule has 0 saturated heterocycles. The molecule has 0 radical (unpaired) electrons. The minimum Gasteiger partial charge on any atom is -0.324 e. The number of aromatic nitrogens is 1. The van der Waals surface area contributed by atoms with Crippen LogP contribution in [-0.2, 0) is 6.42 Å². The average molecular weight is 296 g/mol. The second kappa shape index (κ2) is 5.94. The van der Waals surface area contributed by atoms with Gasteiger partial charge in [0.25, 0.3) is 0 Å². The van der Waals surface area contributed by atoms with E-state index in [9.17, 15) is 14.5 Å². The molecule has 0 aliphatic rings. The van der Waals surface area contributed by atoms with Crippen molar-refractivity contribution in [3.63, 3.8) is 0 Å². The largest absolute Gasteiger partial charge is 0.324 e. The zero-order valence-corrected chi connectivity index (χ0v) is 11.0. The molecular weight excluding hydrogens is 285 g/mol. The van der Waals surface area contributed by atoms with Crippen molar-refractivity contribution < 1.29 is 9.31 Å². The van der Waals surface area contributed by atoms with Gasteiger partial charge in [-0.3, -0.25) is 10.1 Å². The lowest BCUT2D eigenvalue weighted by Gasteiger charge is -2.11. The number of nitrogens with zero attached hydrogens (tertiary/aromatic N) is 2. The Morgan fingerprint density at radius 2 is 2.15 bits per heavy atom. The van der Waals surface area contributed by atoms with Crippen molar-refractivity contribution in [3.05, 3.63) is 68.7 Å². The molecule has 2 rings (SSSR count). The highest BCUT2D eigenvalue weighted by Crippen LogP contribution is 2.22. The predicted octanol–water partition coefficient (Wildman–Crippen LogP) is 3.02. The van der Waals surface area contributed by atoms with Gasteiger partial charge in [-0.2, -0.15) is 4.39 Å². The highest BCUT2D eigenvalue weighted by molar-refractivity contribution is 6.29. The molecule has 104 valence electrons. The molecule has 0 aliphatic heterocycles. The molecule has 20 heavy (non-hydrogen) atoms. The van der Waals surface area contributed by atoms with Crippen molar-refractivity contribution in [2.75, 3.05) is 0 Å². The monoisotopic (exact) mass is 295 g/mol. The van der Waals surface area contributed by atoms with Crippen LogP contribution in [-0.4, -0.2) is 9.91 Å². The van der Waals surface area contributed by atoms with Gasteiger partial charge in [0.2, 0.25) is 5.82 Å². The quantitative estimate of drug-likeness (QED) is 0.534. The van der Waals surface area contributed by atoms with E-state index in [1.807, 2.05) is 0 Å². The number of hydrogen-bond donors (Lipinski definition) is 1. The molecule has 1 aromatic heterocycles. The van der Waals surface area contributed by atoms with Crippen molar-refractivity contribution >= 4 is 17.3 Å². The number of nitrogens with two attached hydrogens (primary N) is 1. The van der Waals surface area contributed by atoms with Crippen molar-refractivity contribution in [1.82, 2.24) is 4.98 Å². The molecule has 5 nitrogen and oxygen atoms in total. The lowest BCUT2D eigenvalue weighted by Crippen LogP contribution is -2.13. The molecule has 0 saturated carbocycles. The summed E-state index contributed by atoms with van der Waals surface area (Å²) in [7, 11) is 0. The highest BCUT2D eigenvalue weighted by atomic mass is 35.5. The Balaban J connectivity index is 2.19. The zero-order chi connectivity index (χ0) is 14.7. The Morgan fingerprint density at radius 3 is 2.75 bits per heavy atom. The summed E-state index contributed by atoms with van der Waals surface area (Å²) in [5.74, 6) is -0.861. The summed E-state index contributed by atoms with van der Waals surface area (Å²) in [6.07, 6.45) is 1.88. The van der Waals surface area contributed by atoms with E-state index < -0.39 is 22.5 Å². The fourth-order valence-electron chi connectivity index (χ4n) is 1.80. The van der Waals surface area contributed by atoms with E-state index in [0.29, 0.717) is 17.1 Å². The Kier molecular flexibility index (Phi) is 4.26. The van der Waals surface area contributed by atoms with Crippen LogP contribution in [0.2, 0.25) is 5.15 Å². The molecule has 2 N–H and O–H groups in total. The molecule has 1 heterocycles. The smallest absolute Gasteiger partial charge is 0.305 e. The third-order valence-corrected chi connectivity index (χ3v) is 3.06. The van der Waals surface area contributed by atoms with Crippen molar-refractivity contribution in [1.29, 1.82) is 0 Å². The third kappa shape index (κ3) is 3.28. The zero-order valence-electron chi connectivity index (χ0n) is 10.3. The molecule has 1 unspecified atom stereocenters. The molecule has 0 amide bonds. The first kappa shape index (κ1) is 14.4. The fourth-order valence-corrected chi connectivity index (χ4v) is 1.92. The molecule has 1 atom stereocenters. The van der Waals surface area contributed by atoms with Crippen LogP contribution in [0.4, 0.5) is 10.1 Å². The molecule has 0 spiro atoms. The van der Waals surface area contributed by atoms with Gasteiger partial charge in [-0.1, -0.05) is 23.7 Å². The van der Waals surface area contributed by atoms with Crippen LogP contribution in [0.1, 0.15) is 17.2 Å². The van der Waals surface area contributed by atoms with E-state index >= 15 is 0 Å². The van der Waals surface area contributed by atoms with E-state index in [4.69, 9.17) is 17.3 Å². The SMILES string of the molecule is NC(Cc1ccc(F)c([N+](=O)[O-])c1)c1ccc(Cl)nc1. The second-order valence-electron chi connectivity index (χ2n) is 4.27. The van der Waals surface area contributed by atoms with Gasteiger partial charge in [0.1, 0.15) is 5.15 Å². The first-order chi connectivity index (χ1) is 9.47. The molecule has 2 aromatic rings. The van der Waals surface area contributed by atoms with Gasteiger partial charge in [0.05, 0.1) is 4.92 Å². The van der Waals surface area contributed by atoms with Gasteiger partial charge in [0.15, 0.2) is 0 Å². The maximum absolute atomic E-state index is 13.2. The predicted molar refractivity (Wildman–Crippen MR) is 72.9 cm³/mol. The van der Waals surface area contributed by atoms with E-state index in [-0.39, 0.29) is 0 Å². The standard InChI is InChI=1S/C13H11ClFN3O2/c14-13-4-2-9(7-17-13)11(16)5-8-1-3-10(15)12(6-8)18(19)20/h1-4,6-7,11H,5,16H2. The van der Waals surface area contributed by atoms with Gasteiger partial charge in [-0.25, -0.2) is 4.98 Å². The maximum atomic E-state index is 13.2. The van der Waals surface area contributed by atoms with Crippen LogP contribution in [0.3, 0.4) is 0 Å². The minimum atomic E-state index is -0.861. The summed E-state index contributed by atoms with van der Waals surface area (Å²) in [5.41, 5.74) is 6.78. The molecule has 7 heteroatoms. The summed E-state index contributed by atoms with van der Waals surface area (Å²) in [5, 5.41) is 11.0. The van der Waals surface area contributed by atoms with Crippen LogP contribution < -0.4 is 5.73 Å². The molecule has 0 fully saturated rings. The topological polar surface area (TPSA) is 82.0 Å². The third-order valence-electron chi connectivity index (χ3n) is 2.84. The van der Waals surface area contributed by atoms with Gasteiger partial charge in [-0.15, -0.1) is 0 Å². The number of nitro benzene ring substituents is 1. The number of benzene rings is 1. The van der Waals surface area contributed by atoms with Crippen molar-refractivity contribution in [2.24, 2.45) is 5.73 Å². The highest BCUT2D eigenvalue weighted by Gasteiger charge is 2.16. The summed E-state index contributed by atoms with van der Waals surface area (Å²) in [4.78, 5) is 13.8. The van der Waals surface area contributed by atoms with Gasteiger partial charge >= 0.3 is 5.69 Å². The van der Waals surface area contributed by atoms with Crippen LogP contribution in [0.15, 0.2) is 36.5 Å².